The smallest absolute Gasteiger partial charge is 0.421 e. The molecule has 38 heavy (non-hydrogen) atoms. The number of carbonyl (C=O) groups is 2. The second-order valence-corrected chi connectivity index (χ2v) is 9.74. The van der Waals surface area contributed by atoms with Gasteiger partial charge in [-0.3, -0.25) is 9.59 Å². The summed E-state index contributed by atoms with van der Waals surface area (Å²) in [6.45, 7) is 1.87. The largest absolute Gasteiger partial charge is 0.481 e. The molecular formula is C26H31F3N6O3. The third-order valence-electron chi connectivity index (χ3n) is 7.11. The molecule has 2 aliphatic rings. The number of nitrogens with one attached hydrogen (secondary N) is 2. The summed E-state index contributed by atoms with van der Waals surface area (Å²) < 4.78 is 40.9. The molecule has 1 amide bonds. The molecule has 0 saturated carbocycles. The van der Waals surface area contributed by atoms with E-state index in [1.807, 2.05) is 0 Å². The predicted octanol–water partition coefficient (Wildman–Crippen LogP) is 4.24. The Morgan fingerprint density at radius 3 is 2.39 bits per heavy atom. The predicted molar refractivity (Wildman–Crippen MR) is 136 cm³/mol. The Bertz CT molecular complexity index is 1180. The van der Waals surface area contributed by atoms with Crippen molar-refractivity contribution in [1.29, 1.82) is 0 Å². The number of halogens is 3. The first-order chi connectivity index (χ1) is 18.0. The third-order valence-corrected chi connectivity index (χ3v) is 7.11. The zero-order chi connectivity index (χ0) is 27.4. The molecule has 1 saturated heterocycles. The molecule has 1 aliphatic heterocycles. The quantitative estimate of drug-likeness (QED) is 0.455. The number of carbonyl (C=O) groups excluding carboxylic acids is 1. The van der Waals surface area contributed by atoms with Gasteiger partial charge in [-0.15, -0.1) is 0 Å². The number of piperidine rings is 1. The van der Waals surface area contributed by atoms with Crippen LogP contribution >= 0.6 is 0 Å². The Morgan fingerprint density at radius 1 is 1.11 bits per heavy atom. The number of hydrogen-bond donors (Lipinski definition) is 3. The van der Waals surface area contributed by atoms with E-state index in [0.717, 1.165) is 25.9 Å². The van der Waals surface area contributed by atoms with Crippen molar-refractivity contribution in [1.82, 2.24) is 19.8 Å². The number of carboxylic acids is 1. The van der Waals surface area contributed by atoms with E-state index in [4.69, 9.17) is 0 Å². The van der Waals surface area contributed by atoms with Crippen molar-refractivity contribution in [3.05, 3.63) is 53.7 Å². The molecule has 1 fully saturated rings. The first kappa shape index (κ1) is 27.4. The number of hydrogen-bond acceptors (Lipinski definition) is 7. The average molecular weight is 533 g/mol. The summed E-state index contributed by atoms with van der Waals surface area (Å²) in [5.74, 6) is -2.67. The number of rotatable bonds is 7. The molecule has 0 radical (unpaired) electrons. The van der Waals surface area contributed by atoms with Gasteiger partial charge in [0.25, 0.3) is 5.91 Å². The van der Waals surface area contributed by atoms with Crippen molar-refractivity contribution in [2.45, 2.75) is 43.9 Å². The number of aliphatic carboxylic acids is 1. The minimum Gasteiger partial charge on any atom is -0.481 e. The van der Waals surface area contributed by atoms with Gasteiger partial charge >= 0.3 is 12.1 Å². The highest BCUT2D eigenvalue weighted by Gasteiger charge is 2.37. The van der Waals surface area contributed by atoms with Gasteiger partial charge in [-0.1, -0.05) is 12.2 Å². The summed E-state index contributed by atoms with van der Waals surface area (Å²) in [5.41, 5.74) is -0.101. The second kappa shape index (κ2) is 11.4. The number of alkyl halides is 3. The van der Waals surface area contributed by atoms with Gasteiger partial charge in [-0.2, -0.15) is 18.2 Å². The first-order valence-electron chi connectivity index (χ1n) is 12.4. The fourth-order valence-electron chi connectivity index (χ4n) is 4.76. The Labute approximate surface area is 218 Å². The van der Waals surface area contributed by atoms with Gasteiger partial charge in [-0.25, -0.2) is 4.98 Å². The molecule has 1 aromatic carbocycles. The molecule has 1 aliphatic carbocycles. The molecule has 0 bridgehead atoms. The van der Waals surface area contributed by atoms with Crippen molar-refractivity contribution in [3.8, 4) is 0 Å². The number of aromatic nitrogens is 2. The number of benzene rings is 1. The van der Waals surface area contributed by atoms with E-state index in [1.54, 1.807) is 48.4 Å². The van der Waals surface area contributed by atoms with Crippen molar-refractivity contribution in [2.75, 3.05) is 37.8 Å². The summed E-state index contributed by atoms with van der Waals surface area (Å²) >= 11 is 0. The van der Waals surface area contributed by atoms with Crippen LogP contribution in [-0.2, 0) is 11.0 Å². The lowest BCUT2D eigenvalue weighted by molar-refractivity contribution is -0.142. The van der Waals surface area contributed by atoms with Crippen LogP contribution in [0.25, 0.3) is 0 Å². The van der Waals surface area contributed by atoms with Gasteiger partial charge in [-0.05, 0) is 70.1 Å². The SMILES string of the molecule is CN1CCC(N(C)C(=O)c2ccc(Nc3ncc(C(F)(F)F)c(N[C@@H]4CC=CC[C@@H]4C(=O)O)n3)cc2)CC1. The maximum absolute atomic E-state index is 13.6. The van der Waals surface area contributed by atoms with E-state index in [9.17, 15) is 27.9 Å². The van der Waals surface area contributed by atoms with E-state index in [2.05, 4.69) is 32.5 Å². The summed E-state index contributed by atoms with van der Waals surface area (Å²) in [7, 11) is 3.86. The lowest BCUT2D eigenvalue weighted by atomic mass is 9.89. The normalized spacial score (nSPS) is 20.7. The fourth-order valence-corrected chi connectivity index (χ4v) is 4.76. The molecule has 0 unspecified atom stereocenters. The van der Waals surface area contributed by atoms with Crippen molar-refractivity contribution in [3.63, 3.8) is 0 Å². The van der Waals surface area contributed by atoms with Crippen LogP contribution < -0.4 is 10.6 Å². The van der Waals surface area contributed by atoms with Crippen LogP contribution in [0.4, 0.5) is 30.6 Å². The Hall–Kier alpha value is -3.67. The van der Waals surface area contributed by atoms with Crippen LogP contribution in [-0.4, -0.2) is 76.0 Å². The van der Waals surface area contributed by atoms with Crippen LogP contribution in [0, 0.1) is 5.92 Å². The van der Waals surface area contributed by atoms with Gasteiger partial charge in [0, 0.05) is 36.6 Å². The Balaban J connectivity index is 1.49. The lowest BCUT2D eigenvalue weighted by Gasteiger charge is -2.35. The summed E-state index contributed by atoms with van der Waals surface area (Å²) in [6.07, 6.45) is 1.65. The molecule has 2 atom stereocenters. The summed E-state index contributed by atoms with van der Waals surface area (Å²) in [6, 6.07) is 5.97. The van der Waals surface area contributed by atoms with Crippen LogP contribution in [0.5, 0.6) is 0 Å². The zero-order valence-electron chi connectivity index (χ0n) is 21.2. The fraction of sp³-hybridized carbons (Fsp3) is 0.462. The first-order valence-corrected chi connectivity index (χ1v) is 12.4. The molecule has 4 rings (SSSR count). The van der Waals surface area contributed by atoms with Crippen LogP contribution in [0.3, 0.4) is 0 Å². The number of likely N-dealkylation sites (tertiary alicyclic amines) is 1. The monoisotopic (exact) mass is 532 g/mol. The molecule has 0 spiro atoms. The van der Waals surface area contributed by atoms with Gasteiger partial charge in [0.2, 0.25) is 5.95 Å². The molecule has 12 heteroatoms. The summed E-state index contributed by atoms with van der Waals surface area (Å²) in [4.78, 5) is 36.4. The number of carboxylic acid groups (broad SMARTS) is 1. The molecule has 204 valence electrons. The highest BCUT2D eigenvalue weighted by Crippen LogP contribution is 2.35. The molecule has 1 aromatic heterocycles. The van der Waals surface area contributed by atoms with E-state index in [1.165, 1.54) is 0 Å². The molecule has 9 nitrogen and oxygen atoms in total. The van der Waals surface area contributed by atoms with E-state index in [-0.39, 0.29) is 30.7 Å². The molecule has 3 N–H and O–H groups in total. The topological polar surface area (TPSA) is 111 Å². The molecule has 2 aromatic rings. The molecular weight excluding hydrogens is 501 g/mol. The van der Waals surface area contributed by atoms with Gasteiger partial charge < -0.3 is 25.5 Å². The Morgan fingerprint density at radius 2 is 1.76 bits per heavy atom. The number of amides is 1. The minimum atomic E-state index is -4.73. The van der Waals surface area contributed by atoms with Gasteiger partial charge in [0.05, 0.1) is 5.92 Å². The number of allylic oxidation sites excluding steroid dienone is 1. The van der Waals surface area contributed by atoms with Crippen LogP contribution in [0.1, 0.15) is 41.6 Å². The van der Waals surface area contributed by atoms with Gasteiger partial charge in [0.1, 0.15) is 11.4 Å². The number of anilines is 3. The van der Waals surface area contributed by atoms with Crippen molar-refractivity contribution >= 4 is 29.3 Å². The van der Waals surface area contributed by atoms with Crippen LogP contribution in [0.15, 0.2) is 42.6 Å². The van der Waals surface area contributed by atoms with E-state index < -0.39 is 35.5 Å². The Kier molecular flexibility index (Phi) is 8.20. The highest BCUT2D eigenvalue weighted by atomic mass is 19.4. The maximum Gasteiger partial charge on any atom is 0.421 e. The van der Waals surface area contributed by atoms with Crippen molar-refractivity contribution in [2.24, 2.45) is 5.92 Å². The standard InChI is InChI=1S/C26H31F3N6O3/c1-34-13-11-18(12-14-34)35(2)23(36)16-7-9-17(10-8-16)31-25-30-15-20(26(27,28)29)22(33-25)32-21-6-4-3-5-19(21)24(37)38/h3-4,7-10,15,18-19,21H,5-6,11-14H2,1-2H3,(H,37,38)(H2,30,31,32,33)/t19-,21+/m0/s1. The summed E-state index contributed by atoms with van der Waals surface area (Å²) in [5, 5.41) is 15.0. The number of nitrogens with zero attached hydrogens (tertiary/aromatic N) is 4. The second-order valence-electron chi connectivity index (χ2n) is 9.74. The lowest BCUT2D eigenvalue weighted by Crippen LogP contribution is -2.44. The van der Waals surface area contributed by atoms with E-state index in [0.29, 0.717) is 17.4 Å². The van der Waals surface area contributed by atoms with E-state index >= 15 is 0 Å². The maximum atomic E-state index is 13.6. The minimum absolute atomic E-state index is 0.0961. The third kappa shape index (κ3) is 6.42. The van der Waals surface area contributed by atoms with Crippen molar-refractivity contribution < 1.29 is 27.9 Å². The average Bonchev–Trinajstić information content (AvgIpc) is 2.88. The highest BCUT2D eigenvalue weighted by molar-refractivity contribution is 5.94. The van der Waals surface area contributed by atoms with Gasteiger partial charge in [0.15, 0.2) is 0 Å². The molecule has 2 heterocycles. The van der Waals surface area contributed by atoms with Crippen LogP contribution in [0.2, 0.25) is 0 Å². The zero-order valence-corrected chi connectivity index (χ0v) is 21.2.